The van der Waals surface area contributed by atoms with E-state index in [0.29, 0.717) is 19.3 Å². The summed E-state index contributed by atoms with van der Waals surface area (Å²) < 4.78 is 26.8. The number of rotatable bonds is 7. The summed E-state index contributed by atoms with van der Waals surface area (Å²) in [6.07, 6.45) is 9.94. The van der Waals surface area contributed by atoms with Crippen molar-refractivity contribution in [1.82, 2.24) is 5.32 Å². The van der Waals surface area contributed by atoms with Crippen molar-refractivity contribution >= 4 is 21.9 Å². The van der Waals surface area contributed by atoms with Gasteiger partial charge in [-0.1, -0.05) is 38.2 Å². The van der Waals surface area contributed by atoms with Crippen LogP contribution >= 0.6 is 0 Å². The molecule has 2 unspecified atom stereocenters. The molecule has 0 aromatic heterocycles. The molecule has 7 heteroatoms. The summed E-state index contributed by atoms with van der Waals surface area (Å²) in [6.45, 7) is 4.12. The Bertz CT molecular complexity index is 662. The number of imide groups is 1. The molecular formula is C16H23NO5S. The van der Waals surface area contributed by atoms with E-state index in [0.717, 1.165) is 6.26 Å². The maximum absolute atomic E-state index is 12.3. The molecule has 2 aliphatic rings. The molecule has 2 amide bonds. The van der Waals surface area contributed by atoms with Gasteiger partial charge in [-0.3, -0.25) is 19.1 Å². The SMILES string of the molecule is CC(C)(CCOS(C)(=O)=O)CCC12C=CC=CC1C(=O)NC2=O. The fourth-order valence-electron chi connectivity index (χ4n) is 3.01. The minimum Gasteiger partial charge on any atom is -0.295 e. The summed E-state index contributed by atoms with van der Waals surface area (Å²) in [5.74, 6) is -0.965. The van der Waals surface area contributed by atoms with Crippen molar-refractivity contribution in [3.8, 4) is 0 Å². The number of carbonyl (C=O) groups is 2. The van der Waals surface area contributed by atoms with Crippen LogP contribution in [-0.4, -0.2) is 33.1 Å². The van der Waals surface area contributed by atoms with Crippen LogP contribution in [0.2, 0.25) is 0 Å². The maximum atomic E-state index is 12.3. The van der Waals surface area contributed by atoms with Crippen molar-refractivity contribution in [3.63, 3.8) is 0 Å². The summed E-state index contributed by atoms with van der Waals surface area (Å²) in [4.78, 5) is 24.2. The highest BCUT2D eigenvalue weighted by molar-refractivity contribution is 7.85. The smallest absolute Gasteiger partial charge is 0.264 e. The van der Waals surface area contributed by atoms with Gasteiger partial charge in [0.25, 0.3) is 10.1 Å². The molecule has 1 aliphatic heterocycles. The number of hydrogen-bond donors (Lipinski definition) is 1. The third kappa shape index (κ3) is 4.09. The summed E-state index contributed by atoms with van der Waals surface area (Å²) in [6, 6.07) is 0. The van der Waals surface area contributed by atoms with Crippen molar-refractivity contribution in [2.45, 2.75) is 33.1 Å². The van der Waals surface area contributed by atoms with Gasteiger partial charge in [0.05, 0.1) is 24.2 Å². The number of fused-ring (bicyclic) bond motifs is 1. The van der Waals surface area contributed by atoms with E-state index < -0.39 is 21.5 Å². The Morgan fingerprint density at radius 1 is 1.26 bits per heavy atom. The Kier molecular flexibility index (Phi) is 4.82. The predicted octanol–water partition coefficient (Wildman–Crippen LogP) is 1.54. The first-order valence-corrected chi connectivity index (χ1v) is 9.43. The minimum absolute atomic E-state index is 0.114. The van der Waals surface area contributed by atoms with Gasteiger partial charge in [-0.25, -0.2) is 0 Å². The fraction of sp³-hybridized carbons (Fsp3) is 0.625. The van der Waals surface area contributed by atoms with Crippen molar-refractivity contribution in [2.24, 2.45) is 16.7 Å². The van der Waals surface area contributed by atoms with E-state index >= 15 is 0 Å². The van der Waals surface area contributed by atoms with Gasteiger partial charge in [-0.15, -0.1) is 0 Å². The maximum Gasteiger partial charge on any atom is 0.264 e. The molecule has 0 aromatic rings. The van der Waals surface area contributed by atoms with E-state index in [1.54, 1.807) is 24.3 Å². The predicted molar refractivity (Wildman–Crippen MR) is 85.8 cm³/mol. The van der Waals surface area contributed by atoms with E-state index in [9.17, 15) is 18.0 Å². The molecule has 2 atom stereocenters. The summed E-state index contributed by atoms with van der Waals surface area (Å²) in [5, 5.41) is 2.41. The van der Waals surface area contributed by atoms with Gasteiger partial charge in [0.15, 0.2) is 0 Å². The van der Waals surface area contributed by atoms with Gasteiger partial charge in [-0.2, -0.15) is 8.42 Å². The molecule has 1 aliphatic carbocycles. The van der Waals surface area contributed by atoms with E-state index in [-0.39, 0.29) is 23.8 Å². The van der Waals surface area contributed by atoms with E-state index in [4.69, 9.17) is 4.18 Å². The third-order valence-electron chi connectivity index (χ3n) is 4.60. The van der Waals surface area contributed by atoms with E-state index in [1.165, 1.54) is 0 Å². The van der Waals surface area contributed by atoms with Crippen LogP contribution in [0, 0.1) is 16.7 Å². The first-order valence-electron chi connectivity index (χ1n) is 7.62. The lowest BCUT2D eigenvalue weighted by molar-refractivity contribution is -0.127. The lowest BCUT2D eigenvalue weighted by atomic mass is 9.68. The normalized spacial score (nSPS) is 27.2. The second-order valence-electron chi connectivity index (χ2n) is 7.02. The molecule has 0 saturated carbocycles. The van der Waals surface area contributed by atoms with Crippen molar-refractivity contribution in [1.29, 1.82) is 0 Å². The number of hydrogen-bond acceptors (Lipinski definition) is 5. The molecule has 6 nitrogen and oxygen atoms in total. The Labute approximate surface area is 137 Å². The molecule has 0 radical (unpaired) electrons. The second-order valence-corrected chi connectivity index (χ2v) is 8.66. The Hall–Kier alpha value is -1.47. The first-order chi connectivity index (χ1) is 10.6. The summed E-state index contributed by atoms with van der Waals surface area (Å²) in [5.41, 5.74) is -1.02. The molecule has 1 saturated heterocycles. The van der Waals surface area contributed by atoms with Gasteiger partial charge in [0.1, 0.15) is 0 Å². The van der Waals surface area contributed by atoms with Crippen LogP contribution in [0.5, 0.6) is 0 Å². The largest absolute Gasteiger partial charge is 0.295 e. The molecule has 0 bridgehead atoms. The second kappa shape index (κ2) is 6.20. The Morgan fingerprint density at radius 2 is 1.96 bits per heavy atom. The average Bonchev–Trinajstić information content (AvgIpc) is 2.68. The van der Waals surface area contributed by atoms with E-state index in [1.807, 2.05) is 13.8 Å². The van der Waals surface area contributed by atoms with Gasteiger partial charge >= 0.3 is 0 Å². The van der Waals surface area contributed by atoms with Gasteiger partial charge in [0, 0.05) is 0 Å². The van der Waals surface area contributed by atoms with Crippen molar-refractivity contribution in [3.05, 3.63) is 24.3 Å². The molecule has 0 aromatic carbocycles. The van der Waals surface area contributed by atoms with Crippen LogP contribution in [0.25, 0.3) is 0 Å². The fourth-order valence-corrected chi connectivity index (χ4v) is 3.40. The number of allylic oxidation sites excluding steroid dienone is 2. The van der Waals surface area contributed by atoms with Crippen LogP contribution in [-0.2, 0) is 23.9 Å². The average molecular weight is 341 g/mol. The highest BCUT2D eigenvalue weighted by atomic mass is 32.2. The molecule has 1 N–H and O–H groups in total. The van der Waals surface area contributed by atoms with Gasteiger partial charge < -0.3 is 0 Å². The molecule has 128 valence electrons. The third-order valence-corrected chi connectivity index (χ3v) is 5.19. The molecule has 2 rings (SSSR count). The van der Waals surface area contributed by atoms with Crippen LogP contribution < -0.4 is 5.32 Å². The Balaban J connectivity index is 2.01. The zero-order valence-electron chi connectivity index (χ0n) is 13.7. The lowest BCUT2D eigenvalue weighted by Crippen LogP contribution is -2.35. The molecule has 1 fully saturated rings. The summed E-state index contributed by atoms with van der Waals surface area (Å²) in [7, 11) is -3.44. The van der Waals surface area contributed by atoms with Crippen molar-refractivity contribution in [2.75, 3.05) is 12.9 Å². The quantitative estimate of drug-likeness (QED) is 0.560. The molecular weight excluding hydrogens is 318 g/mol. The monoisotopic (exact) mass is 341 g/mol. The van der Waals surface area contributed by atoms with Crippen LogP contribution in [0.15, 0.2) is 24.3 Å². The van der Waals surface area contributed by atoms with Crippen LogP contribution in [0.1, 0.15) is 33.1 Å². The van der Waals surface area contributed by atoms with Crippen LogP contribution in [0.4, 0.5) is 0 Å². The highest BCUT2D eigenvalue weighted by Gasteiger charge is 2.53. The first kappa shape index (κ1) is 17.9. The number of carbonyl (C=O) groups excluding carboxylic acids is 2. The minimum atomic E-state index is -3.44. The topological polar surface area (TPSA) is 89.5 Å². The summed E-state index contributed by atoms with van der Waals surface area (Å²) >= 11 is 0. The van der Waals surface area contributed by atoms with Crippen LogP contribution in [0.3, 0.4) is 0 Å². The van der Waals surface area contributed by atoms with Gasteiger partial charge in [0.2, 0.25) is 11.8 Å². The molecule has 23 heavy (non-hydrogen) atoms. The molecule has 0 spiro atoms. The lowest BCUT2D eigenvalue weighted by Gasteiger charge is -2.33. The Morgan fingerprint density at radius 3 is 2.61 bits per heavy atom. The zero-order chi connectivity index (χ0) is 17.3. The standard InChI is InChI=1S/C16H23NO5S/c1-15(2,10-11-22-23(3,20)21)8-9-16-7-5-4-6-12(16)13(18)17-14(16)19/h4-7,12H,8-11H2,1-3H3,(H,17,18,19). The molecule has 1 heterocycles. The zero-order valence-corrected chi connectivity index (χ0v) is 14.5. The highest BCUT2D eigenvalue weighted by Crippen LogP contribution is 2.45. The number of amides is 2. The number of nitrogens with one attached hydrogen (secondary N) is 1. The van der Waals surface area contributed by atoms with Crippen molar-refractivity contribution < 1.29 is 22.2 Å². The van der Waals surface area contributed by atoms with E-state index in [2.05, 4.69) is 5.32 Å². The van der Waals surface area contributed by atoms with Gasteiger partial charge in [-0.05, 0) is 24.7 Å².